The first-order chi connectivity index (χ1) is 9.42. The number of carbonyl (C=O) groups excluding carboxylic acids is 1. The summed E-state index contributed by atoms with van der Waals surface area (Å²) < 4.78 is 5.36. The third-order valence-electron chi connectivity index (χ3n) is 3.45. The average Bonchev–Trinajstić information content (AvgIpc) is 2.44. The summed E-state index contributed by atoms with van der Waals surface area (Å²) in [6.45, 7) is 5.48. The molecule has 120 valence electrons. The zero-order chi connectivity index (χ0) is 15.2. The molecule has 5 heteroatoms. The molecule has 0 aliphatic heterocycles. The number of nitrogens with one attached hydrogen (secondary N) is 1. The fourth-order valence-corrected chi connectivity index (χ4v) is 2.30. The van der Waals surface area contributed by atoms with E-state index in [1.807, 2.05) is 52.2 Å². The maximum atomic E-state index is 12.5. The van der Waals surface area contributed by atoms with Crippen LogP contribution in [0.5, 0.6) is 5.75 Å². The SMILES string of the molecule is CNCCN(C)C(=O)C(C)(C)Cc1ccccc1OC.Cl. The number of methoxy groups -OCH3 is 1. The summed E-state index contributed by atoms with van der Waals surface area (Å²) in [5.41, 5.74) is 0.618. The van der Waals surface area contributed by atoms with Gasteiger partial charge in [-0.15, -0.1) is 12.4 Å². The van der Waals surface area contributed by atoms with Gasteiger partial charge in [0.15, 0.2) is 0 Å². The normalized spacial score (nSPS) is 10.7. The van der Waals surface area contributed by atoms with Crippen LogP contribution >= 0.6 is 12.4 Å². The highest BCUT2D eigenvalue weighted by molar-refractivity contribution is 5.85. The van der Waals surface area contributed by atoms with E-state index in [1.54, 1.807) is 12.0 Å². The summed E-state index contributed by atoms with van der Waals surface area (Å²) in [5.74, 6) is 0.991. The molecular formula is C16H27ClN2O2. The van der Waals surface area contributed by atoms with Gasteiger partial charge in [0.1, 0.15) is 5.75 Å². The van der Waals surface area contributed by atoms with E-state index in [2.05, 4.69) is 5.32 Å². The fourth-order valence-electron chi connectivity index (χ4n) is 2.30. The van der Waals surface area contributed by atoms with Crippen molar-refractivity contribution in [2.45, 2.75) is 20.3 Å². The third-order valence-corrected chi connectivity index (χ3v) is 3.45. The Kier molecular flexibility index (Phi) is 8.37. The Balaban J connectivity index is 0.00000400. The van der Waals surface area contributed by atoms with Crippen molar-refractivity contribution in [1.29, 1.82) is 0 Å². The van der Waals surface area contributed by atoms with E-state index in [1.165, 1.54) is 0 Å². The summed E-state index contributed by atoms with van der Waals surface area (Å²) in [4.78, 5) is 14.3. The highest BCUT2D eigenvalue weighted by Crippen LogP contribution is 2.29. The lowest BCUT2D eigenvalue weighted by molar-refractivity contribution is -0.138. The number of hydrogen-bond acceptors (Lipinski definition) is 3. The molecule has 0 aliphatic rings. The maximum absolute atomic E-state index is 12.5. The summed E-state index contributed by atoms with van der Waals surface area (Å²) in [7, 11) is 5.40. The van der Waals surface area contributed by atoms with Gasteiger partial charge < -0.3 is 15.0 Å². The van der Waals surface area contributed by atoms with Crippen LogP contribution in [-0.4, -0.2) is 45.1 Å². The lowest BCUT2D eigenvalue weighted by atomic mass is 9.84. The van der Waals surface area contributed by atoms with Crippen LogP contribution < -0.4 is 10.1 Å². The fraction of sp³-hybridized carbons (Fsp3) is 0.562. The van der Waals surface area contributed by atoms with Gasteiger partial charge in [-0.3, -0.25) is 4.79 Å². The average molecular weight is 315 g/mol. The summed E-state index contributed by atoms with van der Waals surface area (Å²) in [5, 5.41) is 3.06. The molecule has 0 spiro atoms. The Hall–Kier alpha value is -1.26. The van der Waals surface area contributed by atoms with Crippen LogP contribution in [0.3, 0.4) is 0 Å². The van der Waals surface area contributed by atoms with Crippen LogP contribution in [0, 0.1) is 5.41 Å². The number of ether oxygens (including phenoxy) is 1. The number of rotatable bonds is 7. The highest BCUT2D eigenvalue weighted by atomic mass is 35.5. The van der Waals surface area contributed by atoms with Crippen LogP contribution in [0.4, 0.5) is 0 Å². The summed E-state index contributed by atoms with van der Waals surface area (Å²) in [6.07, 6.45) is 0.666. The second-order valence-electron chi connectivity index (χ2n) is 5.70. The molecule has 0 aromatic heterocycles. The van der Waals surface area contributed by atoms with Crippen LogP contribution in [0.15, 0.2) is 24.3 Å². The number of halogens is 1. The van der Waals surface area contributed by atoms with Gasteiger partial charge in [-0.25, -0.2) is 0 Å². The van der Waals surface area contributed by atoms with E-state index >= 15 is 0 Å². The van der Waals surface area contributed by atoms with Gasteiger partial charge in [0, 0.05) is 25.6 Å². The standard InChI is InChI=1S/C16H26N2O2.ClH/c1-16(2,15(19)18(4)11-10-17-3)12-13-8-6-7-9-14(13)20-5;/h6-9,17H,10-12H2,1-5H3;1H. The molecular weight excluding hydrogens is 288 g/mol. The quantitative estimate of drug-likeness (QED) is 0.840. The van der Waals surface area contributed by atoms with Crippen LogP contribution in [-0.2, 0) is 11.2 Å². The van der Waals surface area contributed by atoms with Crippen molar-refractivity contribution in [3.8, 4) is 5.75 Å². The molecule has 4 nitrogen and oxygen atoms in total. The molecule has 0 bridgehead atoms. The molecule has 0 fully saturated rings. The topological polar surface area (TPSA) is 41.6 Å². The van der Waals surface area contributed by atoms with Crippen molar-refractivity contribution < 1.29 is 9.53 Å². The molecule has 1 aromatic carbocycles. The van der Waals surface area contributed by atoms with E-state index in [0.717, 1.165) is 17.9 Å². The molecule has 21 heavy (non-hydrogen) atoms. The number of amides is 1. The van der Waals surface area contributed by atoms with Crippen molar-refractivity contribution >= 4 is 18.3 Å². The van der Waals surface area contributed by atoms with Crippen LogP contribution in [0.2, 0.25) is 0 Å². The monoisotopic (exact) mass is 314 g/mol. The van der Waals surface area contributed by atoms with E-state index in [0.29, 0.717) is 13.0 Å². The minimum atomic E-state index is -0.447. The number of likely N-dealkylation sites (N-methyl/N-ethyl adjacent to an activating group) is 2. The van der Waals surface area contributed by atoms with Crippen molar-refractivity contribution in [2.24, 2.45) is 5.41 Å². The van der Waals surface area contributed by atoms with E-state index in [4.69, 9.17) is 4.74 Å². The van der Waals surface area contributed by atoms with E-state index in [9.17, 15) is 4.79 Å². The predicted octanol–water partition coefficient (Wildman–Crippen LogP) is 2.36. The lowest BCUT2D eigenvalue weighted by Gasteiger charge is -2.30. The van der Waals surface area contributed by atoms with E-state index in [-0.39, 0.29) is 18.3 Å². The number of nitrogens with zero attached hydrogens (tertiary/aromatic N) is 1. The zero-order valence-electron chi connectivity index (χ0n) is 13.6. The number of benzene rings is 1. The molecule has 0 saturated heterocycles. The van der Waals surface area contributed by atoms with Gasteiger partial charge in [-0.1, -0.05) is 32.0 Å². The van der Waals surface area contributed by atoms with Gasteiger partial charge >= 0.3 is 0 Å². The summed E-state index contributed by atoms with van der Waals surface area (Å²) in [6, 6.07) is 7.86. The third kappa shape index (κ3) is 5.56. The first-order valence-corrected chi connectivity index (χ1v) is 6.94. The lowest BCUT2D eigenvalue weighted by Crippen LogP contribution is -2.42. The van der Waals surface area contributed by atoms with Crippen LogP contribution in [0.25, 0.3) is 0 Å². The minimum Gasteiger partial charge on any atom is -0.496 e. The maximum Gasteiger partial charge on any atom is 0.228 e. The van der Waals surface area contributed by atoms with Gasteiger partial charge in [-0.2, -0.15) is 0 Å². The molecule has 0 aliphatic carbocycles. The molecule has 0 radical (unpaired) electrons. The van der Waals surface area contributed by atoms with Gasteiger partial charge in [0.25, 0.3) is 0 Å². The molecule has 0 unspecified atom stereocenters. The molecule has 1 amide bonds. The van der Waals surface area contributed by atoms with Crippen molar-refractivity contribution in [2.75, 3.05) is 34.3 Å². The molecule has 0 heterocycles. The molecule has 1 aromatic rings. The molecule has 0 atom stereocenters. The largest absolute Gasteiger partial charge is 0.496 e. The Morgan fingerprint density at radius 2 is 1.95 bits per heavy atom. The van der Waals surface area contributed by atoms with E-state index < -0.39 is 5.41 Å². The Bertz CT molecular complexity index is 450. The van der Waals surface area contributed by atoms with Crippen molar-refractivity contribution in [3.63, 3.8) is 0 Å². The number of carbonyl (C=O) groups is 1. The molecule has 0 saturated carbocycles. The van der Waals surface area contributed by atoms with Crippen molar-refractivity contribution in [1.82, 2.24) is 10.2 Å². The number of hydrogen-bond donors (Lipinski definition) is 1. The first kappa shape index (κ1) is 19.7. The van der Waals surface area contributed by atoms with Gasteiger partial charge in [0.2, 0.25) is 5.91 Å². The minimum absolute atomic E-state index is 0. The van der Waals surface area contributed by atoms with Gasteiger partial charge in [0.05, 0.1) is 7.11 Å². The second-order valence-corrected chi connectivity index (χ2v) is 5.70. The van der Waals surface area contributed by atoms with Gasteiger partial charge in [-0.05, 0) is 25.1 Å². The number of para-hydroxylation sites is 1. The Morgan fingerprint density at radius 1 is 1.33 bits per heavy atom. The summed E-state index contributed by atoms with van der Waals surface area (Å²) >= 11 is 0. The zero-order valence-corrected chi connectivity index (χ0v) is 14.4. The second kappa shape index (κ2) is 8.90. The van der Waals surface area contributed by atoms with Crippen LogP contribution in [0.1, 0.15) is 19.4 Å². The van der Waals surface area contributed by atoms with Crippen molar-refractivity contribution in [3.05, 3.63) is 29.8 Å². The highest BCUT2D eigenvalue weighted by Gasteiger charge is 2.31. The predicted molar refractivity (Wildman–Crippen MR) is 89.3 cm³/mol. The Morgan fingerprint density at radius 3 is 2.52 bits per heavy atom. The smallest absolute Gasteiger partial charge is 0.228 e. The first-order valence-electron chi connectivity index (χ1n) is 6.94. The molecule has 1 rings (SSSR count). The molecule has 1 N–H and O–H groups in total. The Labute approximate surface area is 134 Å².